The molecule has 2 N–H and O–H groups in total. The molecule has 0 radical (unpaired) electrons. The lowest BCUT2D eigenvalue weighted by Gasteiger charge is -2.11. The van der Waals surface area contributed by atoms with Crippen molar-refractivity contribution in [2.75, 3.05) is 10.6 Å². The first-order chi connectivity index (χ1) is 16.8. The highest BCUT2D eigenvalue weighted by atomic mass is 19.4. The maximum absolute atomic E-state index is 12.9. The Kier molecular flexibility index (Phi) is 6.86. The molecule has 0 aliphatic rings. The number of urea groups is 1. The maximum Gasteiger partial charge on any atom is 0.416 e. The van der Waals surface area contributed by atoms with Crippen LogP contribution in [0.3, 0.4) is 0 Å². The van der Waals surface area contributed by atoms with E-state index in [1.54, 1.807) is 35.3 Å². The first kappa shape index (κ1) is 23.6. The fourth-order valence-electron chi connectivity index (χ4n) is 3.35. The Morgan fingerprint density at radius 1 is 0.829 bits per heavy atom. The molecule has 0 spiro atoms. The highest BCUT2D eigenvalue weighted by Crippen LogP contribution is 2.30. The normalized spacial score (nSPS) is 11.1. The summed E-state index contributed by atoms with van der Waals surface area (Å²) in [4.78, 5) is 29.4. The molecule has 176 valence electrons. The molecule has 1 heterocycles. The van der Waals surface area contributed by atoms with Crippen molar-refractivity contribution in [1.29, 1.82) is 0 Å². The van der Waals surface area contributed by atoms with Gasteiger partial charge < -0.3 is 10.6 Å². The molecular weight excluding hydrogens is 457 g/mol. The molecule has 9 heteroatoms. The number of Topliss-reactive ketones (excluding diaryl/α,β-unsaturated/α-hetero) is 1. The van der Waals surface area contributed by atoms with Gasteiger partial charge in [-0.3, -0.25) is 4.79 Å². The minimum atomic E-state index is -4.52. The van der Waals surface area contributed by atoms with Gasteiger partial charge in [-0.25, -0.2) is 9.36 Å². The van der Waals surface area contributed by atoms with Crippen molar-refractivity contribution < 1.29 is 27.3 Å². The van der Waals surface area contributed by atoms with Crippen molar-refractivity contribution in [2.45, 2.75) is 12.7 Å². The second-order valence-corrected chi connectivity index (χ2v) is 7.65. The number of nitrogens with one attached hydrogen (secondary N) is 2. The lowest BCUT2D eigenvalue weighted by Crippen LogP contribution is -2.37. The molecule has 3 aromatic carbocycles. The number of hydrogen-bond donors (Lipinski definition) is 2. The lowest BCUT2D eigenvalue weighted by molar-refractivity contribution is -0.686. The molecule has 6 nitrogen and oxygen atoms in total. The predicted molar refractivity (Wildman–Crippen MR) is 125 cm³/mol. The van der Waals surface area contributed by atoms with Crippen LogP contribution in [0.4, 0.5) is 29.3 Å². The second-order valence-electron chi connectivity index (χ2n) is 7.65. The third-order valence-corrected chi connectivity index (χ3v) is 5.05. The zero-order chi connectivity index (χ0) is 24.8. The number of benzene rings is 3. The number of ketones is 1. The molecule has 0 aliphatic carbocycles. The van der Waals surface area contributed by atoms with Gasteiger partial charge in [-0.1, -0.05) is 48.5 Å². The highest BCUT2D eigenvalue weighted by molar-refractivity contribution is 6.01. The summed E-state index contributed by atoms with van der Waals surface area (Å²) >= 11 is 0. The van der Waals surface area contributed by atoms with Crippen molar-refractivity contribution in [3.05, 3.63) is 109 Å². The summed E-state index contributed by atoms with van der Waals surface area (Å²) < 4.78 is 40.2. The van der Waals surface area contributed by atoms with Gasteiger partial charge in [0.2, 0.25) is 5.78 Å². The number of rotatable bonds is 6. The van der Waals surface area contributed by atoms with Crippen LogP contribution in [0, 0.1) is 0 Å². The fourth-order valence-corrected chi connectivity index (χ4v) is 3.35. The number of halogens is 3. The number of hydrogen-bond acceptors (Lipinski definition) is 3. The van der Waals surface area contributed by atoms with E-state index in [1.807, 2.05) is 36.4 Å². The number of carbonyl (C=O) groups is 2. The van der Waals surface area contributed by atoms with Gasteiger partial charge in [0.05, 0.1) is 11.8 Å². The number of anilines is 2. The third kappa shape index (κ3) is 6.29. The predicted octanol–water partition coefficient (Wildman–Crippen LogP) is 5.58. The monoisotopic (exact) mass is 477 g/mol. The number of carbonyl (C=O) groups excluding carboxylic acids is 2. The van der Waals surface area contributed by atoms with E-state index in [2.05, 4.69) is 15.6 Å². The first-order valence-electron chi connectivity index (χ1n) is 10.6. The topological polar surface area (TPSA) is 75.0 Å². The Bertz CT molecular complexity index is 1340. The van der Waals surface area contributed by atoms with Crippen LogP contribution in [0.25, 0.3) is 11.3 Å². The summed E-state index contributed by atoms with van der Waals surface area (Å²) in [6, 6.07) is 21.3. The molecule has 1 aromatic heterocycles. The number of nitrogens with zero attached hydrogens (tertiary/aromatic N) is 2. The fraction of sp³-hybridized carbons (Fsp3) is 0.0769. The van der Waals surface area contributed by atoms with Crippen LogP contribution in [0.2, 0.25) is 0 Å². The van der Waals surface area contributed by atoms with Gasteiger partial charge in [-0.2, -0.15) is 13.2 Å². The standard InChI is InChI=1S/C26H19F3N4O2/c27-26(28,29)20-9-5-11-22(15-20)32-25(35)31-21-10-4-8-19(14-21)24(34)16-33-13-12-23(30-17-33)18-6-2-1-3-7-18/h1-15,17H,16H2,(H-,31,32,35)/p+1. The van der Waals surface area contributed by atoms with Crippen molar-refractivity contribution in [3.63, 3.8) is 0 Å². The summed E-state index contributed by atoms with van der Waals surface area (Å²) in [6.45, 7) is 0.0436. The molecule has 2 amide bonds. The van der Waals surface area contributed by atoms with E-state index in [1.165, 1.54) is 18.2 Å². The van der Waals surface area contributed by atoms with E-state index in [4.69, 9.17) is 0 Å². The van der Waals surface area contributed by atoms with Crippen LogP contribution < -0.4 is 15.2 Å². The van der Waals surface area contributed by atoms with Gasteiger partial charge >= 0.3 is 12.2 Å². The number of alkyl halides is 3. The second kappa shape index (κ2) is 10.2. The molecule has 0 bridgehead atoms. The Hall–Kier alpha value is -4.53. The Morgan fingerprint density at radius 3 is 2.17 bits per heavy atom. The average Bonchev–Trinajstić information content (AvgIpc) is 2.85. The molecule has 0 aliphatic heterocycles. The summed E-state index contributed by atoms with van der Waals surface area (Å²) in [6.07, 6.45) is -1.18. The van der Waals surface area contributed by atoms with Gasteiger partial charge in [0.15, 0.2) is 12.2 Å². The van der Waals surface area contributed by atoms with Crippen LogP contribution in [0.15, 0.2) is 97.5 Å². The van der Waals surface area contributed by atoms with Crippen LogP contribution in [0.1, 0.15) is 15.9 Å². The van der Waals surface area contributed by atoms with Crippen LogP contribution in [-0.4, -0.2) is 16.8 Å². The average molecular weight is 477 g/mol. The van der Waals surface area contributed by atoms with Gasteiger partial charge in [-0.15, -0.1) is 0 Å². The van der Waals surface area contributed by atoms with Crippen LogP contribution >= 0.6 is 0 Å². The molecule has 35 heavy (non-hydrogen) atoms. The molecular formula is C26H20F3N4O2+. The zero-order valence-corrected chi connectivity index (χ0v) is 18.3. The minimum absolute atomic E-state index is 0.00703. The summed E-state index contributed by atoms with van der Waals surface area (Å²) in [5, 5.41) is 4.89. The van der Waals surface area contributed by atoms with E-state index >= 15 is 0 Å². The molecule has 0 saturated carbocycles. The van der Waals surface area contributed by atoms with Crippen LogP contribution in [0.5, 0.6) is 0 Å². The van der Waals surface area contributed by atoms with Crippen molar-refractivity contribution in [2.24, 2.45) is 0 Å². The molecule has 4 aromatic rings. The summed E-state index contributed by atoms with van der Waals surface area (Å²) in [7, 11) is 0. The molecule has 0 atom stereocenters. The van der Waals surface area contributed by atoms with E-state index in [0.29, 0.717) is 11.3 Å². The Balaban J connectivity index is 1.38. The summed E-state index contributed by atoms with van der Waals surface area (Å²) in [5.41, 5.74) is 1.56. The molecule has 0 saturated heterocycles. The largest absolute Gasteiger partial charge is 0.416 e. The van der Waals surface area contributed by atoms with Crippen LogP contribution in [-0.2, 0) is 12.7 Å². The van der Waals surface area contributed by atoms with Gasteiger partial charge in [0.25, 0.3) is 6.33 Å². The van der Waals surface area contributed by atoms with Gasteiger partial charge in [0.1, 0.15) is 0 Å². The quantitative estimate of drug-likeness (QED) is 0.281. The van der Waals surface area contributed by atoms with Crippen molar-refractivity contribution >= 4 is 23.2 Å². The highest BCUT2D eigenvalue weighted by Gasteiger charge is 2.30. The smallest absolute Gasteiger partial charge is 0.308 e. The third-order valence-electron chi connectivity index (χ3n) is 5.05. The van der Waals surface area contributed by atoms with Gasteiger partial charge in [0, 0.05) is 28.6 Å². The SMILES string of the molecule is O=C(Nc1cccc(C(=O)C[n+]2ccc(-c3ccccc3)nc2)c1)Nc1cccc(C(F)(F)F)c1. The number of amides is 2. The minimum Gasteiger partial charge on any atom is -0.308 e. The van der Waals surface area contributed by atoms with Gasteiger partial charge in [-0.05, 0) is 35.3 Å². The maximum atomic E-state index is 12.9. The van der Waals surface area contributed by atoms with E-state index in [9.17, 15) is 22.8 Å². The van der Waals surface area contributed by atoms with E-state index in [-0.39, 0.29) is 18.0 Å². The number of aromatic nitrogens is 2. The Labute approximate surface area is 199 Å². The zero-order valence-electron chi connectivity index (χ0n) is 18.3. The molecule has 0 unspecified atom stereocenters. The first-order valence-corrected chi connectivity index (χ1v) is 10.6. The lowest BCUT2D eigenvalue weighted by atomic mass is 10.1. The van der Waals surface area contributed by atoms with Crippen molar-refractivity contribution in [3.8, 4) is 11.3 Å². The Morgan fingerprint density at radius 2 is 1.51 bits per heavy atom. The summed E-state index contributed by atoms with van der Waals surface area (Å²) in [5.74, 6) is -0.203. The molecule has 4 rings (SSSR count). The van der Waals surface area contributed by atoms with Crippen molar-refractivity contribution in [1.82, 2.24) is 4.98 Å². The van der Waals surface area contributed by atoms with E-state index < -0.39 is 17.8 Å². The van der Waals surface area contributed by atoms with E-state index in [0.717, 1.165) is 23.4 Å². The molecule has 0 fully saturated rings.